The number of ether oxygens (including phenoxy) is 1. The molecule has 1 atom stereocenters. The van der Waals surface area contributed by atoms with Crippen molar-refractivity contribution in [3.05, 3.63) is 0 Å². The fourth-order valence-electron chi connectivity index (χ4n) is 0.698. The van der Waals surface area contributed by atoms with E-state index in [4.69, 9.17) is 14.9 Å². The van der Waals surface area contributed by atoms with E-state index < -0.39 is 12.1 Å². The van der Waals surface area contributed by atoms with Crippen molar-refractivity contribution >= 4 is 17.7 Å². The van der Waals surface area contributed by atoms with Crippen molar-refractivity contribution in [1.82, 2.24) is 0 Å². The Hall–Kier alpha value is -0.260. The zero-order valence-corrected chi connectivity index (χ0v) is 7.84. The lowest BCUT2D eigenvalue weighted by Gasteiger charge is -2.11. The summed E-state index contributed by atoms with van der Waals surface area (Å²) in [6, 6.07) is 0. The summed E-state index contributed by atoms with van der Waals surface area (Å²) in [6.45, 7) is -0.0472. The third-order valence-electron chi connectivity index (χ3n) is 1.27. The van der Waals surface area contributed by atoms with Crippen LogP contribution in [0.15, 0.2) is 0 Å². The molecule has 0 aromatic rings. The molecule has 4 nitrogen and oxygen atoms in total. The smallest absolute Gasteiger partial charge is 0.332 e. The van der Waals surface area contributed by atoms with E-state index in [0.717, 1.165) is 5.75 Å². The first-order valence-corrected chi connectivity index (χ1v) is 5.06. The van der Waals surface area contributed by atoms with Gasteiger partial charge in [0.1, 0.15) is 0 Å². The third-order valence-corrected chi connectivity index (χ3v) is 1.91. The number of carboxylic acid groups (broad SMARTS) is 1. The van der Waals surface area contributed by atoms with Crippen LogP contribution in [0.3, 0.4) is 0 Å². The maximum absolute atomic E-state index is 10.5. The molecule has 0 aliphatic heterocycles. The number of carboxylic acids is 1. The van der Waals surface area contributed by atoms with Gasteiger partial charge < -0.3 is 14.9 Å². The van der Waals surface area contributed by atoms with Gasteiger partial charge in [0.25, 0.3) is 0 Å². The lowest BCUT2D eigenvalue weighted by Crippen LogP contribution is -2.25. The number of hydrogen-bond acceptors (Lipinski definition) is 4. The van der Waals surface area contributed by atoms with Crippen LogP contribution in [0.25, 0.3) is 0 Å². The van der Waals surface area contributed by atoms with Crippen LogP contribution in [-0.4, -0.2) is 47.5 Å². The Labute approximate surface area is 75.9 Å². The highest BCUT2D eigenvalue weighted by atomic mass is 32.2. The highest BCUT2D eigenvalue weighted by Gasteiger charge is 2.16. The van der Waals surface area contributed by atoms with E-state index in [0.29, 0.717) is 6.42 Å². The molecule has 0 spiro atoms. The molecule has 0 aliphatic carbocycles. The molecule has 2 N–H and O–H groups in total. The van der Waals surface area contributed by atoms with Gasteiger partial charge in [-0.3, -0.25) is 0 Å². The zero-order valence-electron chi connectivity index (χ0n) is 7.02. The van der Waals surface area contributed by atoms with Gasteiger partial charge in [-0.1, -0.05) is 0 Å². The molecular formula is C7H14O4S. The highest BCUT2D eigenvalue weighted by Crippen LogP contribution is 2.04. The Kier molecular flexibility index (Phi) is 7.23. The third kappa shape index (κ3) is 5.40. The first-order valence-electron chi connectivity index (χ1n) is 3.66. The van der Waals surface area contributed by atoms with Crippen molar-refractivity contribution in [2.75, 3.05) is 25.2 Å². The van der Waals surface area contributed by atoms with E-state index in [9.17, 15) is 4.79 Å². The molecule has 12 heavy (non-hydrogen) atoms. The minimum Gasteiger partial charge on any atom is -0.479 e. The lowest BCUT2D eigenvalue weighted by atomic mass is 10.3. The number of rotatable bonds is 7. The van der Waals surface area contributed by atoms with Gasteiger partial charge in [0.2, 0.25) is 0 Å². The van der Waals surface area contributed by atoms with Crippen molar-refractivity contribution in [2.45, 2.75) is 12.5 Å². The second-order valence-electron chi connectivity index (χ2n) is 2.20. The van der Waals surface area contributed by atoms with Gasteiger partial charge in [0.05, 0.1) is 13.2 Å². The normalized spacial score (nSPS) is 12.8. The number of hydrogen-bond donors (Lipinski definition) is 2. The average molecular weight is 194 g/mol. The maximum atomic E-state index is 10.5. The van der Waals surface area contributed by atoms with Gasteiger partial charge in [-0.25, -0.2) is 4.79 Å². The standard InChI is InChI=1S/C7H14O4S/c1-12-5-2-6(7(9)10)11-4-3-8/h6,8H,2-5H2,1H3,(H,9,10). The number of aliphatic hydroxyl groups excluding tert-OH is 1. The summed E-state index contributed by atoms with van der Waals surface area (Å²) in [5.74, 6) is -0.208. The minimum absolute atomic E-state index is 0.0886. The number of carbonyl (C=O) groups is 1. The van der Waals surface area contributed by atoms with Crippen LogP contribution in [0, 0.1) is 0 Å². The molecule has 0 fully saturated rings. The molecule has 0 rings (SSSR count). The van der Waals surface area contributed by atoms with Crippen molar-refractivity contribution < 1.29 is 19.7 Å². The Bertz CT molecular complexity index is 121. The Morgan fingerprint density at radius 2 is 2.33 bits per heavy atom. The maximum Gasteiger partial charge on any atom is 0.332 e. The highest BCUT2D eigenvalue weighted by molar-refractivity contribution is 7.98. The summed E-state index contributed by atoms with van der Waals surface area (Å²) >= 11 is 1.57. The molecule has 0 saturated carbocycles. The minimum atomic E-state index is -0.961. The van der Waals surface area contributed by atoms with Crippen molar-refractivity contribution in [3.8, 4) is 0 Å². The van der Waals surface area contributed by atoms with Crippen LogP contribution < -0.4 is 0 Å². The molecule has 1 unspecified atom stereocenters. The van der Waals surface area contributed by atoms with Crippen molar-refractivity contribution in [1.29, 1.82) is 0 Å². The van der Waals surface area contributed by atoms with Gasteiger partial charge in [0.15, 0.2) is 6.10 Å². The zero-order chi connectivity index (χ0) is 9.40. The van der Waals surface area contributed by atoms with E-state index in [-0.39, 0.29) is 13.2 Å². The summed E-state index contributed by atoms with van der Waals surface area (Å²) in [5.41, 5.74) is 0. The van der Waals surface area contributed by atoms with Gasteiger partial charge in [-0.2, -0.15) is 11.8 Å². The van der Waals surface area contributed by atoms with Crippen molar-refractivity contribution in [2.24, 2.45) is 0 Å². The monoisotopic (exact) mass is 194 g/mol. The molecule has 0 aromatic heterocycles. The van der Waals surface area contributed by atoms with Crippen LogP contribution >= 0.6 is 11.8 Å². The fraction of sp³-hybridized carbons (Fsp3) is 0.857. The molecule has 0 aromatic carbocycles. The molecule has 0 heterocycles. The average Bonchev–Trinajstić information content (AvgIpc) is 2.04. The molecule has 0 aliphatic rings. The lowest BCUT2D eigenvalue weighted by molar-refractivity contribution is -0.151. The molecular weight excluding hydrogens is 180 g/mol. The second kappa shape index (κ2) is 7.39. The molecule has 72 valence electrons. The van der Waals surface area contributed by atoms with Crippen LogP contribution in [0.2, 0.25) is 0 Å². The number of aliphatic hydroxyl groups is 1. The predicted molar refractivity (Wildman–Crippen MR) is 47.5 cm³/mol. The van der Waals surface area contributed by atoms with Crippen molar-refractivity contribution in [3.63, 3.8) is 0 Å². The molecule has 5 heteroatoms. The number of aliphatic carboxylic acids is 1. The largest absolute Gasteiger partial charge is 0.479 e. The van der Waals surface area contributed by atoms with Crippen LogP contribution in [0.4, 0.5) is 0 Å². The molecule has 0 bridgehead atoms. The fourth-order valence-corrected chi connectivity index (χ4v) is 1.15. The Morgan fingerprint density at radius 1 is 1.67 bits per heavy atom. The van der Waals surface area contributed by atoms with Crippen LogP contribution in [0.1, 0.15) is 6.42 Å². The summed E-state index contributed by atoms with van der Waals surface area (Å²) in [4.78, 5) is 10.5. The van der Waals surface area contributed by atoms with Crippen LogP contribution in [-0.2, 0) is 9.53 Å². The first-order chi connectivity index (χ1) is 5.72. The summed E-state index contributed by atoms with van der Waals surface area (Å²) in [6.07, 6.45) is 1.62. The van der Waals surface area contributed by atoms with E-state index in [2.05, 4.69) is 0 Å². The second-order valence-corrected chi connectivity index (χ2v) is 3.19. The number of thioether (sulfide) groups is 1. The summed E-state index contributed by atoms with van der Waals surface area (Å²) < 4.78 is 4.89. The quantitative estimate of drug-likeness (QED) is 0.606. The topological polar surface area (TPSA) is 66.8 Å². The van der Waals surface area contributed by atoms with Gasteiger partial charge in [0, 0.05) is 0 Å². The van der Waals surface area contributed by atoms with E-state index in [1.165, 1.54) is 0 Å². The van der Waals surface area contributed by atoms with Gasteiger partial charge in [-0.15, -0.1) is 0 Å². The first kappa shape index (κ1) is 11.7. The molecule has 0 saturated heterocycles. The van der Waals surface area contributed by atoms with E-state index >= 15 is 0 Å². The van der Waals surface area contributed by atoms with E-state index in [1.54, 1.807) is 11.8 Å². The van der Waals surface area contributed by atoms with Gasteiger partial charge >= 0.3 is 5.97 Å². The summed E-state index contributed by atoms with van der Waals surface area (Å²) in [5, 5.41) is 17.0. The Balaban J connectivity index is 3.62. The van der Waals surface area contributed by atoms with Crippen LogP contribution in [0.5, 0.6) is 0 Å². The summed E-state index contributed by atoms with van der Waals surface area (Å²) in [7, 11) is 0. The molecule has 0 radical (unpaired) electrons. The van der Waals surface area contributed by atoms with E-state index in [1.807, 2.05) is 6.26 Å². The molecule has 0 amide bonds. The Morgan fingerprint density at radius 3 is 2.75 bits per heavy atom. The SMILES string of the molecule is CSCCC(OCCO)C(=O)O. The van der Waals surface area contributed by atoms with Gasteiger partial charge in [-0.05, 0) is 18.4 Å². The predicted octanol–water partition coefficient (Wildman–Crippen LogP) is 0.202.